The summed E-state index contributed by atoms with van der Waals surface area (Å²) in [6.07, 6.45) is 0.964. The quantitative estimate of drug-likeness (QED) is 0.909. The van der Waals surface area contributed by atoms with Crippen LogP contribution in [0.1, 0.15) is 40.0 Å². The first-order valence-electron chi connectivity index (χ1n) is 6.67. The van der Waals surface area contributed by atoms with Crippen molar-refractivity contribution in [3.05, 3.63) is 51.7 Å². The van der Waals surface area contributed by atoms with Gasteiger partial charge >= 0.3 is 0 Å². The third-order valence-corrected chi connectivity index (χ3v) is 4.43. The zero-order valence-electron chi connectivity index (χ0n) is 12.0. The second-order valence-corrected chi connectivity index (χ2v) is 5.76. The summed E-state index contributed by atoms with van der Waals surface area (Å²) in [5.41, 5.74) is 1.06. The summed E-state index contributed by atoms with van der Waals surface area (Å²) in [5, 5.41) is 3.02. The predicted molar refractivity (Wildman–Crippen MR) is 82.6 cm³/mol. The van der Waals surface area contributed by atoms with E-state index in [9.17, 15) is 4.79 Å². The van der Waals surface area contributed by atoms with Gasteiger partial charge < -0.3 is 10.1 Å². The van der Waals surface area contributed by atoms with Gasteiger partial charge in [0, 0.05) is 4.88 Å². The standard InChI is InChI=1S/C16H19NO2S/c1-4-14-9-10-15(20-14)16(18)17-11(2)12-5-7-13(19-3)8-6-12/h5-11H,4H2,1-3H3,(H,17,18). The van der Waals surface area contributed by atoms with Crippen LogP contribution in [-0.2, 0) is 6.42 Å². The van der Waals surface area contributed by atoms with Crippen LogP contribution in [-0.4, -0.2) is 13.0 Å². The third-order valence-electron chi connectivity index (χ3n) is 3.20. The number of hydrogen-bond acceptors (Lipinski definition) is 3. The number of thiophene rings is 1. The molecule has 0 saturated heterocycles. The average Bonchev–Trinajstić information content (AvgIpc) is 2.96. The maximum Gasteiger partial charge on any atom is 0.261 e. The number of aryl methyl sites for hydroxylation is 1. The van der Waals surface area contributed by atoms with E-state index in [2.05, 4.69) is 12.2 Å². The molecule has 1 aromatic heterocycles. The highest BCUT2D eigenvalue weighted by atomic mass is 32.1. The zero-order valence-corrected chi connectivity index (χ0v) is 12.8. The molecule has 1 amide bonds. The van der Waals surface area contributed by atoms with Gasteiger partial charge in [-0.05, 0) is 43.2 Å². The van der Waals surface area contributed by atoms with Crippen molar-refractivity contribution in [3.63, 3.8) is 0 Å². The third kappa shape index (κ3) is 3.39. The lowest BCUT2D eigenvalue weighted by atomic mass is 10.1. The van der Waals surface area contributed by atoms with E-state index in [-0.39, 0.29) is 11.9 Å². The molecule has 20 heavy (non-hydrogen) atoms. The number of benzene rings is 1. The van der Waals surface area contributed by atoms with Crippen LogP contribution in [0.15, 0.2) is 36.4 Å². The van der Waals surface area contributed by atoms with Crippen LogP contribution in [0.2, 0.25) is 0 Å². The fourth-order valence-corrected chi connectivity index (χ4v) is 2.78. The average molecular weight is 289 g/mol. The summed E-state index contributed by atoms with van der Waals surface area (Å²) in [6, 6.07) is 11.6. The second-order valence-electron chi connectivity index (χ2n) is 4.59. The summed E-state index contributed by atoms with van der Waals surface area (Å²) in [4.78, 5) is 14.2. The minimum absolute atomic E-state index is 0.0157. The Balaban J connectivity index is 2.02. The van der Waals surface area contributed by atoms with Gasteiger partial charge in [-0.3, -0.25) is 4.79 Å². The molecule has 0 aliphatic heterocycles. The van der Waals surface area contributed by atoms with Gasteiger partial charge in [0.25, 0.3) is 5.91 Å². The van der Waals surface area contributed by atoms with E-state index in [0.29, 0.717) is 0 Å². The topological polar surface area (TPSA) is 38.3 Å². The van der Waals surface area contributed by atoms with Gasteiger partial charge in [-0.25, -0.2) is 0 Å². The minimum atomic E-state index is -0.0272. The normalized spacial score (nSPS) is 11.9. The van der Waals surface area contributed by atoms with Crippen LogP contribution in [0.4, 0.5) is 0 Å². The van der Waals surface area contributed by atoms with E-state index < -0.39 is 0 Å². The summed E-state index contributed by atoms with van der Waals surface area (Å²) in [7, 11) is 1.64. The number of methoxy groups -OCH3 is 1. The summed E-state index contributed by atoms with van der Waals surface area (Å²) in [6.45, 7) is 4.07. The second kappa shape index (κ2) is 6.57. The van der Waals surface area contributed by atoms with Crippen LogP contribution in [0.25, 0.3) is 0 Å². The maximum atomic E-state index is 12.2. The first-order chi connectivity index (χ1) is 9.63. The number of amides is 1. The molecule has 4 heteroatoms. The van der Waals surface area contributed by atoms with Gasteiger partial charge in [0.2, 0.25) is 0 Å². The molecule has 1 unspecified atom stereocenters. The van der Waals surface area contributed by atoms with E-state index in [0.717, 1.165) is 22.6 Å². The molecule has 1 N–H and O–H groups in total. The van der Waals surface area contributed by atoms with E-state index in [1.807, 2.05) is 43.3 Å². The van der Waals surface area contributed by atoms with Gasteiger partial charge in [0.1, 0.15) is 5.75 Å². The fraction of sp³-hybridized carbons (Fsp3) is 0.312. The number of hydrogen-bond donors (Lipinski definition) is 1. The molecule has 2 aromatic rings. The van der Waals surface area contributed by atoms with Gasteiger partial charge in [0.05, 0.1) is 18.0 Å². The van der Waals surface area contributed by atoms with Gasteiger partial charge in [-0.1, -0.05) is 19.1 Å². The maximum absolute atomic E-state index is 12.2. The summed E-state index contributed by atoms with van der Waals surface area (Å²) < 4.78 is 5.13. The van der Waals surface area contributed by atoms with Crippen LogP contribution in [0.5, 0.6) is 5.75 Å². The van der Waals surface area contributed by atoms with Crippen LogP contribution in [0, 0.1) is 0 Å². The molecule has 106 valence electrons. The predicted octanol–water partition coefficient (Wildman–Crippen LogP) is 3.81. The first-order valence-corrected chi connectivity index (χ1v) is 7.49. The smallest absolute Gasteiger partial charge is 0.261 e. The lowest BCUT2D eigenvalue weighted by molar-refractivity contribution is 0.0944. The van der Waals surface area contributed by atoms with Crippen molar-refractivity contribution in [1.29, 1.82) is 0 Å². The van der Waals surface area contributed by atoms with Gasteiger partial charge in [-0.2, -0.15) is 0 Å². The number of nitrogens with one attached hydrogen (secondary N) is 1. The highest BCUT2D eigenvalue weighted by molar-refractivity contribution is 7.14. The van der Waals surface area contributed by atoms with Crippen molar-refractivity contribution in [2.24, 2.45) is 0 Å². The van der Waals surface area contributed by atoms with E-state index in [1.165, 1.54) is 4.88 Å². The van der Waals surface area contributed by atoms with Crippen LogP contribution >= 0.6 is 11.3 Å². The van der Waals surface area contributed by atoms with E-state index in [4.69, 9.17) is 4.74 Å². The van der Waals surface area contributed by atoms with Crippen molar-refractivity contribution in [2.45, 2.75) is 26.3 Å². The van der Waals surface area contributed by atoms with Gasteiger partial charge in [0.15, 0.2) is 0 Å². The van der Waals surface area contributed by atoms with E-state index in [1.54, 1.807) is 18.4 Å². The highest BCUT2D eigenvalue weighted by Gasteiger charge is 2.13. The van der Waals surface area contributed by atoms with Crippen molar-refractivity contribution < 1.29 is 9.53 Å². The van der Waals surface area contributed by atoms with Crippen molar-refractivity contribution >= 4 is 17.2 Å². The molecule has 0 saturated carbocycles. The Kier molecular flexibility index (Phi) is 4.79. The molecule has 0 aliphatic carbocycles. The Bertz CT molecular complexity index is 574. The lowest BCUT2D eigenvalue weighted by Crippen LogP contribution is -2.25. The number of rotatable bonds is 5. The minimum Gasteiger partial charge on any atom is -0.497 e. The van der Waals surface area contributed by atoms with Crippen LogP contribution < -0.4 is 10.1 Å². The number of carbonyl (C=O) groups is 1. The monoisotopic (exact) mass is 289 g/mol. The Labute approximate surface area is 123 Å². The Morgan fingerprint density at radius 1 is 1.25 bits per heavy atom. The molecule has 0 fully saturated rings. The molecule has 3 nitrogen and oxygen atoms in total. The molecule has 2 rings (SSSR count). The fourth-order valence-electron chi connectivity index (χ4n) is 1.93. The molecular formula is C16H19NO2S. The molecule has 1 heterocycles. The molecular weight excluding hydrogens is 270 g/mol. The molecule has 0 aliphatic rings. The Hall–Kier alpha value is -1.81. The first kappa shape index (κ1) is 14.6. The summed E-state index contributed by atoms with van der Waals surface area (Å²) in [5.74, 6) is 0.802. The van der Waals surface area contributed by atoms with Crippen molar-refractivity contribution in [3.8, 4) is 5.75 Å². The summed E-state index contributed by atoms with van der Waals surface area (Å²) >= 11 is 1.55. The van der Waals surface area contributed by atoms with Crippen LogP contribution in [0.3, 0.4) is 0 Å². The molecule has 1 aromatic carbocycles. The zero-order chi connectivity index (χ0) is 14.5. The molecule has 0 spiro atoms. The Morgan fingerprint density at radius 2 is 1.95 bits per heavy atom. The van der Waals surface area contributed by atoms with Gasteiger partial charge in [-0.15, -0.1) is 11.3 Å². The molecule has 1 atom stereocenters. The largest absolute Gasteiger partial charge is 0.497 e. The number of carbonyl (C=O) groups excluding carboxylic acids is 1. The molecule has 0 bridgehead atoms. The SMILES string of the molecule is CCc1ccc(C(=O)NC(C)c2ccc(OC)cc2)s1. The molecule has 0 radical (unpaired) electrons. The lowest BCUT2D eigenvalue weighted by Gasteiger charge is -2.14. The Morgan fingerprint density at radius 3 is 2.50 bits per heavy atom. The van der Waals surface area contributed by atoms with E-state index >= 15 is 0 Å². The number of ether oxygens (including phenoxy) is 1. The highest BCUT2D eigenvalue weighted by Crippen LogP contribution is 2.20. The van der Waals surface area contributed by atoms with Crippen molar-refractivity contribution in [1.82, 2.24) is 5.32 Å². The van der Waals surface area contributed by atoms with Crippen molar-refractivity contribution in [2.75, 3.05) is 7.11 Å².